The Morgan fingerprint density at radius 1 is 1.37 bits per heavy atom. The maximum atomic E-state index is 13.4. The van der Waals surface area contributed by atoms with Gasteiger partial charge in [-0.15, -0.1) is 11.3 Å². The molecule has 1 aromatic carbocycles. The Balaban J connectivity index is 1.71. The average Bonchev–Trinajstić information content (AvgIpc) is 2.98. The number of thiophene rings is 1. The number of amides is 1. The van der Waals surface area contributed by atoms with Gasteiger partial charge in [0.05, 0.1) is 11.1 Å². The van der Waals surface area contributed by atoms with Crippen molar-refractivity contribution in [3.05, 3.63) is 33.9 Å². The van der Waals surface area contributed by atoms with Crippen LogP contribution in [0.25, 0.3) is 10.1 Å². The number of ether oxygens (including phenoxy) is 1. The number of carbonyl (C=O) groups is 2. The van der Waals surface area contributed by atoms with Crippen molar-refractivity contribution in [1.29, 1.82) is 5.26 Å². The first-order valence-electron chi connectivity index (χ1n) is 8.67. The predicted octanol–water partition coefficient (Wildman–Crippen LogP) is 4.58. The van der Waals surface area contributed by atoms with Crippen molar-refractivity contribution in [2.45, 2.75) is 50.7 Å². The van der Waals surface area contributed by atoms with Gasteiger partial charge >= 0.3 is 5.97 Å². The van der Waals surface area contributed by atoms with Crippen molar-refractivity contribution in [3.63, 3.8) is 0 Å². The largest absolute Gasteiger partial charge is 0.448 e. The lowest BCUT2D eigenvalue weighted by atomic mass is 9.83. The molecule has 27 heavy (non-hydrogen) atoms. The van der Waals surface area contributed by atoms with Crippen molar-refractivity contribution in [1.82, 2.24) is 5.32 Å². The summed E-state index contributed by atoms with van der Waals surface area (Å²) in [5.41, 5.74) is -0.900. The number of nitrogens with zero attached hydrogens (tertiary/aromatic N) is 1. The van der Waals surface area contributed by atoms with Crippen LogP contribution in [0.4, 0.5) is 4.39 Å². The zero-order valence-corrected chi connectivity index (χ0v) is 16.3. The molecule has 5 nitrogen and oxygen atoms in total. The van der Waals surface area contributed by atoms with E-state index in [1.807, 2.05) is 0 Å². The second-order valence-corrected chi connectivity index (χ2v) is 8.11. The van der Waals surface area contributed by atoms with Crippen LogP contribution in [-0.2, 0) is 9.53 Å². The summed E-state index contributed by atoms with van der Waals surface area (Å²) in [6.07, 6.45) is 2.87. The molecule has 1 fully saturated rings. The van der Waals surface area contributed by atoms with Crippen molar-refractivity contribution < 1.29 is 18.7 Å². The SMILES string of the molecule is CC(OC(=O)c1sc2cc(F)ccc2c1Cl)C(=O)NC1(C#N)CCCCC1. The lowest BCUT2D eigenvalue weighted by Crippen LogP contribution is -2.52. The molecule has 1 atom stereocenters. The van der Waals surface area contributed by atoms with Gasteiger partial charge in [0.25, 0.3) is 5.91 Å². The normalized spacial score (nSPS) is 17.1. The van der Waals surface area contributed by atoms with E-state index in [0.717, 1.165) is 30.6 Å². The quantitative estimate of drug-likeness (QED) is 0.751. The van der Waals surface area contributed by atoms with Crippen molar-refractivity contribution in [3.8, 4) is 6.07 Å². The van der Waals surface area contributed by atoms with Gasteiger partial charge in [-0.05, 0) is 38.0 Å². The minimum atomic E-state index is -1.08. The number of halogens is 2. The molecule has 1 unspecified atom stereocenters. The molecule has 142 valence electrons. The van der Waals surface area contributed by atoms with E-state index < -0.39 is 29.3 Å². The first-order valence-corrected chi connectivity index (χ1v) is 9.86. The van der Waals surface area contributed by atoms with Crippen LogP contribution in [0.2, 0.25) is 5.02 Å². The highest BCUT2D eigenvalue weighted by molar-refractivity contribution is 7.21. The van der Waals surface area contributed by atoms with Gasteiger partial charge in [0.1, 0.15) is 16.2 Å². The fourth-order valence-corrected chi connectivity index (χ4v) is 4.61. The van der Waals surface area contributed by atoms with Crippen LogP contribution in [0.3, 0.4) is 0 Å². The molecule has 1 aliphatic rings. The third-order valence-electron chi connectivity index (χ3n) is 4.71. The smallest absolute Gasteiger partial charge is 0.350 e. The van der Waals surface area contributed by atoms with Crippen LogP contribution >= 0.6 is 22.9 Å². The zero-order valence-electron chi connectivity index (χ0n) is 14.7. The molecule has 2 aromatic rings. The third kappa shape index (κ3) is 4.07. The highest BCUT2D eigenvalue weighted by Crippen LogP contribution is 2.36. The minimum Gasteiger partial charge on any atom is -0.448 e. The highest BCUT2D eigenvalue weighted by atomic mass is 35.5. The summed E-state index contributed by atoms with van der Waals surface area (Å²) in [4.78, 5) is 25.0. The van der Waals surface area contributed by atoms with Crippen molar-refractivity contribution in [2.24, 2.45) is 0 Å². The Kier molecular flexibility index (Phi) is 5.68. The molecule has 0 radical (unpaired) electrons. The second-order valence-electron chi connectivity index (χ2n) is 6.68. The summed E-state index contributed by atoms with van der Waals surface area (Å²) in [6, 6.07) is 6.24. The minimum absolute atomic E-state index is 0.115. The number of hydrogen-bond acceptors (Lipinski definition) is 5. The van der Waals surface area contributed by atoms with Crippen LogP contribution in [0.15, 0.2) is 18.2 Å². The number of carbonyl (C=O) groups excluding carboxylic acids is 2. The maximum absolute atomic E-state index is 13.4. The Morgan fingerprint density at radius 2 is 2.07 bits per heavy atom. The van der Waals surface area contributed by atoms with Crippen molar-refractivity contribution in [2.75, 3.05) is 0 Å². The van der Waals surface area contributed by atoms with Crippen molar-refractivity contribution >= 4 is 44.9 Å². The summed E-state index contributed by atoms with van der Waals surface area (Å²) in [5, 5.41) is 12.9. The van der Waals surface area contributed by atoms with Gasteiger partial charge < -0.3 is 10.1 Å². The van der Waals surface area contributed by atoms with E-state index in [4.69, 9.17) is 16.3 Å². The molecular formula is C19H18ClFN2O3S. The topological polar surface area (TPSA) is 79.2 Å². The monoisotopic (exact) mass is 408 g/mol. The summed E-state index contributed by atoms with van der Waals surface area (Å²) in [7, 11) is 0. The second kappa shape index (κ2) is 7.83. The number of fused-ring (bicyclic) bond motifs is 1. The van der Waals surface area contributed by atoms with Gasteiger partial charge in [0.15, 0.2) is 6.10 Å². The van der Waals surface area contributed by atoms with Gasteiger partial charge in [-0.3, -0.25) is 4.79 Å². The van der Waals surface area contributed by atoms with Crippen LogP contribution in [-0.4, -0.2) is 23.5 Å². The lowest BCUT2D eigenvalue weighted by Gasteiger charge is -2.32. The van der Waals surface area contributed by atoms with Gasteiger partial charge in [-0.2, -0.15) is 5.26 Å². The molecule has 1 aromatic heterocycles. The zero-order chi connectivity index (χ0) is 19.6. The van der Waals surface area contributed by atoms with E-state index >= 15 is 0 Å². The van der Waals surface area contributed by atoms with E-state index in [1.54, 1.807) is 0 Å². The summed E-state index contributed by atoms with van der Waals surface area (Å²) in [6.45, 7) is 1.45. The maximum Gasteiger partial charge on any atom is 0.350 e. The molecule has 1 aliphatic carbocycles. The number of benzene rings is 1. The first kappa shape index (κ1) is 19.6. The molecule has 0 spiro atoms. The fourth-order valence-electron chi connectivity index (χ4n) is 3.20. The van der Waals surface area contributed by atoms with E-state index in [-0.39, 0.29) is 9.90 Å². The molecule has 1 amide bonds. The number of nitrogens with one attached hydrogen (secondary N) is 1. The van der Waals surface area contributed by atoms with E-state index in [1.165, 1.54) is 25.1 Å². The average molecular weight is 409 g/mol. The van der Waals surface area contributed by atoms with E-state index in [2.05, 4.69) is 11.4 Å². The fraction of sp³-hybridized carbons (Fsp3) is 0.421. The Morgan fingerprint density at radius 3 is 2.74 bits per heavy atom. The Labute approximate surface area is 165 Å². The Bertz CT molecular complexity index is 931. The van der Waals surface area contributed by atoms with Crippen LogP contribution in [0.1, 0.15) is 48.7 Å². The number of hydrogen-bond donors (Lipinski definition) is 1. The van der Waals surface area contributed by atoms with Crippen LogP contribution < -0.4 is 5.32 Å². The Hall–Kier alpha value is -2.17. The van der Waals surface area contributed by atoms with E-state index in [0.29, 0.717) is 22.9 Å². The van der Waals surface area contributed by atoms with Gasteiger partial charge in [0.2, 0.25) is 0 Å². The standard InChI is InChI=1S/C19H18ClFN2O3S/c1-11(17(24)23-19(10-22)7-3-2-4-8-19)26-18(25)16-15(20)13-6-5-12(21)9-14(13)27-16/h5-6,9,11H,2-4,7-8H2,1H3,(H,23,24). The molecule has 8 heteroatoms. The summed E-state index contributed by atoms with van der Waals surface area (Å²) < 4.78 is 19.1. The summed E-state index contributed by atoms with van der Waals surface area (Å²) >= 11 is 7.22. The predicted molar refractivity (Wildman–Crippen MR) is 101 cm³/mol. The number of esters is 1. The molecule has 1 heterocycles. The van der Waals surface area contributed by atoms with E-state index in [9.17, 15) is 19.2 Å². The van der Waals surface area contributed by atoms with Crippen LogP contribution in [0.5, 0.6) is 0 Å². The molecule has 0 saturated heterocycles. The number of nitriles is 1. The van der Waals surface area contributed by atoms with Crippen LogP contribution in [0, 0.1) is 17.1 Å². The molecular weight excluding hydrogens is 391 g/mol. The van der Waals surface area contributed by atoms with Gasteiger partial charge in [-0.25, -0.2) is 9.18 Å². The lowest BCUT2D eigenvalue weighted by molar-refractivity contribution is -0.130. The molecule has 1 saturated carbocycles. The molecule has 0 bridgehead atoms. The molecule has 3 rings (SSSR count). The van der Waals surface area contributed by atoms with Gasteiger partial charge in [-0.1, -0.05) is 30.9 Å². The molecule has 1 N–H and O–H groups in total. The number of rotatable bonds is 4. The third-order valence-corrected chi connectivity index (χ3v) is 6.35. The first-order chi connectivity index (χ1) is 12.8. The summed E-state index contributed by atoms with van der Waals surface area (Å²) in [5.74, 6) is -1.70. The highest BCUT2D eigenvalue weighted by Gasteiger charge is 2.35. The van der Waals surface area contributed by atoms with Gasteiger partial charge in [0, 0.05) is 10.1 Å². The molecule has 0 aliphatic heterocycles.